The molecule has 2 heterocycles. The van der Waals surface area contributed by atoms with Crippen molar-refractivity contribution < 1.29 is 14.3 Å². The number of ether oxygens (including phenoxy) is 1. The number of hydrogen-bond donors (Lipinski definition) is 2. The van der Waals surface area contributed by atoms with Gasteiger partial charge in [-0.2, -0.15) is 9.97 Å². The summed E-state index contributed by atoms with van der Waals surface area (Å²) < 4.78 is 5.52. The fourth-order valence-electron chi connectivity index (χ4n) is 4.63. The Kier molecular flexibility index (Phi) is 9.78. The van der Waals surface area contributed by atoms with Gasteiger partial charge in [0.25, 0.3) is 5.91 Å². The number of aromatic nitrogens is 3. The Morgan fingerprint density at radius 3 is 2.05 bits per heavy atom. The van der Waals surface area contributed by atoms with E-state index in [0.29, 0.717) is 67.4 Å². The average molecular weight is 595 g/mol. The minimum Gasteiger partial charge on any atom is -0.378 e. The molecule has 3 amide bonds. The molecule has 11 nitrogen and oxygen atoms in total. The highest BCUT2D eigenvalue weighted by Gasteiger charge is 2.18. The third-order valence-electron chi connectivity index (χ3n) is 7.22. The lowest BCUT2D eigenvalue weighted by Gasteiger charge is -2.27. The number of carbonyl (C=O) groups excluding carboxylic acids is 2. The number of nitrogens with one attached hydrogen (secondary N) is 2. The molecule has 2 N–H and O–H groups in total. The topological polar surface area (TPSA) is 116 Å². The predicted octanol–water partition coefficient (Wildman–Crippen LogP) is 4.63. The third kappa shape index (κ3) is 7.94. The highest BCUT2D eigenvalue weighted by molar-refractivity contribution is 6.01. The van der Waals surface area contributed by atoms with Crippen molar-refractivity contribution in [3.05, 3.63) is 83.9 Å². The van der Waals surface area contributed by atoms with Gasteiger partial charge < -0.3 is 30.1 Å². The van der Waals surface area contributed by atoms with Crippen LogP contribution >= 0.6 is 0 Å². The van der Waals surface area contributed by atoms with Crippen LogP contribution < -0.4 is 15.5 Å². The monoisotopic (exact) mass is 594 g/mol. The zero-order chi connectivity index (χ0) is 31.1. The number of likely N-dealkylation sites (N-methyl/N-ethyl adjacent to an activating group) is 2. The molecule has 0 spiro atoms. The molecule has 1 fully saturated rings. The summed E-state index contributed by atoms with van der Waals surface area (Å²) in [4.78, 5) is 45.8. The summed E-state index contributed by atoms with van der Waals surface area (Å²) in [6.45, 7) is 6.07. The standard InChI is InChI=1S/C33H38N8O3/c1-23-8-10-24(11-9-23)29-36-30(38-32(37-29)41-18-20-44-21-19-41)25-12-14-27(15-13-25)34-33(43)35-28-7-5-6-26(22-28)31(42)40(4)17-16-39(2)3/h5-15,22H,16-21H2,1-4H3,(H2,34,35,43). The van der Waals surface area contributed by atoms with E-state index in [9.17, 15) is 9.59 Å². The maximum Gasteiger partial charge on any atom is 0.323 e. The van der Waals surface area contributed by atoms with Crippen LogP contribution in [0.4, 0.5) is 22.1 Å². The number of rotatable bonds is 9. The van der Waals surface area contributed by atoms with E-state index in [0.717, 1.165) is 23.2 Å². The molecule has 1 aliphatic rings. The van der Waals surface area contributed by atoms with Gasteiger partial charge in [0.1, 0.15) is 0 Å². The van der Waals surface area contributed by atoms with Crippen LogP contribution in [0.1, 0.15) is 15.9 Å². The van der Waals surface area contributed by atoms with Crippen LogP contribution in [-0.2, 0) is 4.74 Å². The maximum atomic E-state index is 12.8. The SMILES string of the molecule is Cc1ccc(-c2nc(-c3ccc(NC(=O)Nc4cccc(C(=O)N(C)CCN(C)C)c4)cc3)nc(N3CCOCC3)n2)cc1. The first-order chi connectivity index (χ1) is 21.2. The lowest BCUT2D eigenvalue weighted by atomic mass is 10.1. The van der Waals surface area contributed by atoms with Gasteiger partial charge in [-0.15, -0.1) is 0 Å². The first-order valence-corrected chi connectivity index (χ1v) is 14.6. The lowest BCUT2D eigenvalue weighted by molar-refractivity contribution is 0.0786. The quantitative estimate of drug-likeness (QED) is 0.288. The van der Waals surface area contributed by atoms with Crippen LogP contribution in [0.25, 0.3) is 22.8 Å². The third-order valence-corrected chi connectivity index (χ3v) is 7.22. The van der Waals surface area contributed by atoms with E-state index >= 15 is 0 Å². The first kappa shape index (κ1) is 30.6. The normalized spacial score (nSPS) is 13.1. The summed E-state index contributed by atoms with van der Waals surface area (Å²) in [6.07, 6.45) is 0. The summed E-state index contributed by atoms with van der Waals surface area (Å²) in [7, 11) is 5.70. The van der Waals surface area contributed by atoms with Crippen LogP contribution in [0.2, 0.25) is 0 Å². The van der Waals surface area contributed by atoms with Crippen molar-refractivity contribution in [3.8, 4) is 22.8 Å². The zero-order valence-electron chi connectivity index (χ0n) is 25.6. The van der Waals surface area contributed by atoms with Gasteiger partial charge in [0.05, 0.1) is 13.2 Å². The number of aryl methyl sites for hydroxylation is 1. The largest absolute Gasteiger partial charge is 0.378 e. The molecule has 3 aromatic carbocycles. The van der Waals surface area contributed by atoms with Crippen molar-refractivity contribution in [1.82, 2.24) is 24.8 Å². The van der Waals surface area contributed by atoms with E-state index in [2.05, 4.69) is 15.5 Å². The molecule has 228 valence electrons. The number of amides is 3. The smallest absolute Gasteiger partial charge is 0.323 e. The van der Waals surface area contributed by atoms with Gasteiger partial charge in [0.2, 0.25) is 5.95 Å². The van der Waals surface area contributed by atoms with Gasteiger partial charge in [-0.3, -0.25) is 4.79 Å². The molecule has 1 saturated heterocycles. The second-order valence-corrected chi connectivity index (χ2v) is 11.0. The van der Waals surface area contributed by atoms with Crippen LogP contribution in [0.5, 0.6) is 0 Å². The number of benzene rings is 3. The molecule has 1 aromatic heterocycles. The van der Waals surface area contributed by atoms with E-state index < -0.39 is 6.03 Å². The maximum absolute atomic E-state index is 12.8. The van der Waals surface area contributed by atoms with Crippen molar-refractivity contribution in [2.45, 2.75) is 6.92 Å². The summed E-state index contributed by atoms with van der Waals surface area (Å²) in [5.74, 6) is 1.65. The van der Waals surface area contributed by atoms with Gasteiger partial charge in [-0.05, 0) is 63.5 Å². The molecule has 0 unspecified atom stereocenters. The first-order valence-electron chi connectivity index (χ1n) is 14.6. The number of carbonyl (C=O) groups is 2. The molecular weight excluding hydrogens is 556 g/mol. The van der Waals surface area contributed by atoms with Crippen LogP contribution in [0, 0.1) is 6.92 Å². The molecule has 11 heteroatoms. The highest BCUT2D eigenvalue weighted by Crippen LogP contribution is 2.25. The molecule has 0 saturated carbocycles. The van der Waals surface area contributed by atoms with Crippen molar-refractivity contribution >= 4 is 29.3 Å². The van der Waals surface area contributed by atoms with Crippen molar-refractivity contribution in [3.63, 3.8) is 0 Å². The van der Waals surface area contributed by atoms with Crippen molar-refractivity contribution in [1.29, 1.82) is 0 Å². The van der Waals surface area contributed by atoms with Gasteiger partial charge in [-0.25, -0.2) is 9.78 Å². The van der Waals surface area contributed by atoms with Crippen LogP contribution in [0.15, 0.2) is 72.8 Å². The Morgan fingerprint density at radius 2 is 1.41 bits per heavy atom. The van der Waals surface area contributed by atoms with Gasteiger partial charge in [0, 0.05) is 61.3 Å². The summed E-state index contributed by atoms with van der Waals surface area (Å²) in [5.41, 5.74) is 4.50. The Balaban J connectivity index is 1.28. The molecule has 1 aliphatic heterocycles. The van der Waals surface area contributed by atoms with Crippen LogP contribution in [0.3, 0.4) is 0 Å². The fourth-order valence-corrected chi connectivity index (χ4v) is 4.63. The van der Waals surface area contributed by atoms with E-state index in [1.165, 1.54) is 0 Å². The van der Waals surface area contributed by atoms with Crippen LogP contribution in [-0.4, -0.2) is 97.2 Å². The second-order valence-electron chi connectivity index (χ2n) is 11.0. The lowest BCUT2D eigenvalue weighted by Crippen LogP contribution is -2.37. The minimum absolute atomic E-state index is 0.104. The minimum atomic E-state index is -0.417. The van der Waals surface area contributed by atoms with E-state index in [1.807, 2.05) is 62.3 Å². The summed E-state index contributed by atoms with van der Waals surface area (Å²) in [6, 6.07) is 22.0. The molecule has 0 bridgehead atoms. The number of anilines is 3. The highest BCUT2D eigenvalue weighted by atomic mass is 16.5. The van der Waals surface area contributed by atoms with E-state index in [4.69, 9.17) is 19.7 Å². The molecular formula is C33H38N8O3. The Bertz CT molecular complexity index is 1590. The Hall–Kier alpha value is -4.87. The van der Waals surface area contributed by atoms with Crippen molar-refractivity contribution in [2.75, 3.05) is 76.1 Å². The predicted molar refractivity (Wildman–Crippen MR) is 173 cm³/mol. The summed E-state index contributed by atoms with van der Waals surface area (Å²) in [5, 5.41) is 5.67. The van der Waals surface area contributed by atoms with Gasteiger partial charge >= 0.3 is 6.03 Å². The van der Waals surface area contributed by atoms with Crippen molar-refractivity contribution in [2.24, 2.45) is 0 Å². The molecule has 4 aromatic rings. The Labute approximate surface area is 257 Å². The molecule has 5 rings (SSSR count). The fraction of sp³-hybridized carbons (Fsp3) is 0.303. The number of morpholine rings is 1. The van der Waals surface area contributed by atoms with Gasteiger partial charge in [0.15, 0.2) is 11.6 Å². The molecule has 0 atom stereocenters. The molecule has 0 aliphatic carbocycles. The second kappa shape index (κ2) is 14.1. The van der Waals surface area contributed by atoms with E-state index in [1.54, 1.807) is 48.3 Å². The number of hydrogen-bond acceptors (Lipinski definition) is 8. The average Bonchev–Trinajstić information content (AvgIpc) is 3.04. The van der Waals surface area contributed by atoms with E-state index in [-0.39, 0.29) is 5.91 Å². The summed E-state index contributed by atoms with van der Waals surface area (Å²) >= 11 is 0. The Morgan fingerprint density at radius 1 is 0.795 bits per heavy atom. The zero-order valence-corrected chi connectivity index (χ0v) is 25.6. The molecule has 0 radical (unpaired) electrons. The number of urea groups is 1. The van der Waals surface area contributed by atoms with Gasteiger partial charge in [-0.1, -0.05) is 35.9 Å². The number of nitrogens with zero attached hydrogens (tertiary/aromatic N) is 6. The molecule has 44 heavy (non-hydrogen) atoms.